The van der Waals surface area contributed by atoms with E-state index in [0.29, 0.717) is 13.0 Å². The third-order valence-electron chi connectivity index (χ3n) is 3.46. The van der Waals surface area contributed by atoms with E-state index < -0.39 is 23.9 Å². The van der Waals surface area contributed by atoms with Crippen molar-refractivity contribution < 1.29 is 23.1 Å². The maximum atomic E-state index is 12.8. The second kappa shape index (κ2) is 7.21. The van der Waals surface area contributed by atoms with E-state index in [0.717, 1.165) is 6.07 Å². The molecule has 3 N–H and O–H groups in total. The first kappa shape index (κ1) is 19.3. The molecule has 0 aliphatic heterocycles. The van der Waals surface area contributed by atoms with Crippen LogP contribution in [0.15, 0.2) is 18.2 Å². The van der Waals surface area contributed by atoms with Gasteiger partial charge in [0.15, 0.2) is 0 Å². The zero-order chi connectivity index (χ0) is 17.8. The number of halogens is 3. The summed E-state index contributed by atoms with van der Waals surface area (Å²) in [7, 11) is 0. The fourth-order valence-corrected chi connectivity index (χ4v) is 2.44. The smallest absolute Gasteiger partial charge is 0.393 e. The van der Waals surface area contributed by atoms with E-state index in [-0.39, 0.29) is 16.7 Å². The van der Waals surface area contributed by atoms with Gasteiger partial charge in [-0.15, -0.1) is 0 Å². The first-order chi connectivity index (χ1) is 10.4. The van der Waals surface area contributed by atoms with Gasteiger partial charge in [-0.05, 0) is 43.4 Å². The maximum Gasteiger partial charge on any atom is 0.416 e. The van der Waals surface area contributed by atoms with Gasteiger partial charge in [-0.2, -0.15) is 13.2 Å². The minimum Gasteiger partial charge on any atom is -0.393 e. The van der Waals surface area contributed by atoms with Crippen molar-refractivity contribution in [3.63, 3.8) is 0 Å². The molecular formula is C16H23F3N2O2. The van der Waals surface area contributed by atoms with E-state index >= 15 is 0 Å². The molecule has 7 heteroatoms. The van der Waals surface area contributed by atoms with Crippen LogP contribution in [0.2, 0.25) is 0 Å². The molecule has 23 heavy (non-hydrogen) atoms. The van der Waals surface area contributed by atoms with Crippen molar-refractivity contribution in [2.24, 2.45) is 5.41 Å². The van der Waals surface area contributed by atoms with Crippen molar-refractivity contribution in [2.75, 3.05) is 11.9 Å². The van der Waals surface area contributed by atoms with Crippen LogP contribution in [0.3, 0.4) is 0 Å². The normalized spacial score (nSPS) is 13.6. The number of aliphatic hydroxyl groups excluding tert-OH is 1. The van der Waals surface area contributed by atoms with Crippen LogP contribution in [0, 0.1) is 12.3 Å². The molecule has 0 fully saturated rings. The molecule has 1 aromatic carbocycles. The van der Waals surface area contributed by atoms with Crippen LogP contribution in [0.4, 0.5) is 23.7 Å². The van der Waals surface area contributed by atoms with Gasteiger partial charge in [0.25, 0.3) is 0 Å². The number of carbonyl (C=O) groups excluding carboxylic acids is 1. The summed E-state index contributed by atoms with van der Waals surface area (Å²) in [6.45, 7) is 7.04. The molecule has 1 unspecified atom stereocenters. The summed E-state index contributed by atoms with van der Waals surface area (Å²) >= 11 is 0. The number of anilines is 1. The second-order valence-corrected chi connectivity index (χ2v) is 6.50. The van der Waals surface area contributed by atoms with Crippen molar-refractivity contribution >= 4 is 11.7 Å². The Labute approximate surface area is 134 Å². The molecule has 1 atom stereocenters. The molecule has 130 valence electrons. The zero-order valence-corrected chi connectivity index (χ0v) is 13.7. The zero-order valence-electron chi connectivity index (χ0n) is 13.7. The Balaban J connectivity index is 2.72. The lowest BCUT2D eigenvalue weighted by molar-refractivity contribution is -0.138. The molecule has 4 nitrogen and oxygen atoms in total. The van der Waals surface area contributed by atoms with Crippen LogP contribution < -0.4 is 10.6 Å². The van der Waals surface area contributed by atoms with E-state index in [1.807, 2.05) is 13.8 Å². The third-order valence-corrected chi connectivity index (χ3v) is 3.46. The van der Waals surface area contributed by atoms with Crippen molar-refractivity contribution in [3.05, 3.63) is 29.3 Å². The number of urea groups is 1. The fraction of sp³-hybridized carbons (Fsp3) is 0.562. The molecule has 1 rings (SSSR count). The Kier molecular flexibility index (Phi) is 6.04. The van der Waals surface area contributed by atoms with Gasteiger partial charge in [-0.25, -0.2) is 4.79 Å². The fourth-order valence-electron chi connectivity index (χ4n) is 2.44. The van der Waals surface area contributed by atoms with Crippen LogP contribution in [0.1, 0.15) is 38.3 Å². The molecular weight excluding hydrogens is 309 g/mol. The Hall–Kier alpha value is -1.76. The third kappa shape index (κ3) is 6.09. The van der Waals surface area contributed by atoms with E-state index in [9.17, 15) is 23.1 Å². The molecule has 0 saturated heterocycles. The molecule has 0 bridgehead atoms. The van der Waals surface area contributed by atoms with Crippen LogP contribution in [0.5, 0.6) is 0 Å². The number of benzene rings is 1. The monoisotopic (exact) mass is 332 g/mol. The van der Waals surface area contributed by atoms with Gasteiger partial charge in [0.2, 0.25) is 0 Å². The standard InChI is InChI=1S/C16H23F3N2O2/c1-10(22)8-15(3,4)9-20-14(23)21-13-7-5-6-12(11(13)2)16(17,18)19/h5-7,10,22H,8-9H2,1-4H3,(H2,20,21,23). The quantitative estimate of drug-likeness (QED) is 0.765. The summed E-state index contributed by atoms with van der Waals surface area (Å²) in [6, 6.07) is 3.07. The predicted molar refractivity (Wildman–Crippen MR) is 83.3 cm³/mol. The topological polar surface area (TPSA) is 61.4 Å². The summed E-state index contributed by atoms with van der Waals surface area (Å²) in [5, 5.41) is 14.5. The molecule has 0 aliphatic rings. The summed E-state index contributed by atoms with van der Waals surface area (Å²) < 4.78 is 38.5. The van der Waals surface area contributed by atoms with E-state index in [1.54, 1.807) is 6.92 Å². The van der Waals surface area contributed by atoms with Gasteiger partial charge in [0.1, 0.15) is 0 Å². The minimum absolute atomic E-state index is 0.0293. The van der Waals surface area contributed by atoms with E-state index in [4.69, 9.17) is 0 Å². The van der Waals surface area contributed by atoms with Crippen molar-refractivity contribution in [1.82, 2.24) is 5.32 Å². The van der Waals surface area contributed by atoms with Crippen LogP contribution in [0.25, 0.3) is 0 Å². The highest BCUT2D eigenvalue weighted by Gasteiger charge is 2.33. The number of carbonyl (C=O) groups is 1. The molecule has 0 radical (unpaired) electrons. The second-order valence-electron chi connectivity index (χ2n) is 6.50. The van der Waals surface area contributed by atoms with Crippen molar-refractivity contribution in [1.29, 1.82) is 0 Å². The van der Waals surface area contributed by atoms with Crippen LogP contribution in [-0.2, 0) is 6.18 Å². The van der Waals surface area contributed by atoms with Gasteiger partial charge in [0, 0.05) is 12.2 Å². The predicted octanol–water partition coefficient (Wildman–Crippen LogP) is 3.93. The number of aliphatic hydroxyl groups is 1. The van der Waals surface area contributed by atoms with Crippen molar-refractivity contribution in [3.8, 4) is 0 Å². The number of hydrogen-bond donors (Lipinski definition) is 3. The molecule has 0 heterocycles. The summed E-state index contributed by atoms with van der Waals surface area (Å²) in [6.07, 6.45) is -4.46. The summed E-state index contributed by atoms with van der Waals surface area (Å²) in [5.74, 6) is 0. The number of nitrogens with one attached hydrogen (secondary N) is 2. The highest BCUT2D eigenvalue weighted by molar-refractivity contribution is 5.90. The van der Waals surface area contributed by atoms with Gasteiger partial charge in [-0.1, -0.05) is 19.9 Å². The van der Waals surface area contributed by atoms with E-state index in [1.165, 1.54) is 19.1 Å². The highest BCUT2D eigenvalue weighted by Crippen LogP contribution is 2.34. The lowest BCUT2D eigenvalue weighted by atomic mass is 9.87. The summed E-state index contributed by atoms with van der Waals surface area (Å²) in [4.78, 5) is 11.9. The van der Waals surface area contributed by atoms with Gasteiger partial charge in [0.05, 0.1) is 11.7 Å². The largest absolute Gasteiger partial charge is 0.416 e. The molecule has 0 aliphatic carbocycles. The summed E-state index contributed by atoms with van der Waals surface area (Å²) in [5.41, 5.74) is -1.01. The minimum atomic E-state index is -4.46. The Morgan fingerprint density at radius 3 is 2.43 bits per heavy atom. The number of alkyl halides is 3. The highest BCUT2D eigenvalue weighted by atomic mass is 19.4. The average Bonchev–Trinajstić information content (AvgIpc) is 2.36. The number of hydrogen-bond acceptors (Lipinski definition) is 2. The Morgan fingerprint density at radius 2 is 1.91 bits per heavy atom. The first-order valence-electron chi connectivity index (χ1n) is 7.32. The van der Waals surface area contributed by atoms with Gasteiger partial charge < -0.3 is 15.7 Å². The Bertz CT molecular complexity index is 555. The molecule has 1 aromatic rings. The van der Waals surface area contributed by atoms with Crippen LogP contribution in [-0.4, -0.2) is 23.8 Å². The lowest BCUT2D eigenvalue weighted by Gasteiger charge is -2.26. The molecule has 0 aromatic heterocycles. The molecule has 2 amide bonds. The Morgan fingerprint density at radius 1 is 1.30 bits per heavy atom. The number of rotatable bonds is 5. The van der Waals surface area contributed by atoms with E-state index in [2.05, 4.69) is 10.6 Å². The average molecular weight is 332 g/mol. The van der Waals surface area contributed by atoms with Gasteiger partial charge in [-0.3, -0.25) is 0 Å². The van der Waals surface area contributed by atoms with Crippen molar-refractivity contribution in [2.45, 2.75) is 46.4 Å². The number of amides is 2. The van der Waals surface area contributed by atoms with Crippen LogP contribution >= 0.6 is 0 Å². The lowest BCUT2D eigenvalue weighted by Crippen LogP contribution is -2.38. The molecule has 0 saturated carbocycles. The molecule has 0 spiro atoms. The maximum absolute atomic E-state index is 12.8. The van der Waals surface area contributed by atoms with Gasteiger partial charge >= 0.3 is 12.2 Å². The SMILES string of the molecule is Cc1c(NC(=O)NCC(C)(C)CC(C)O)cccc1C(F)(F)F. The first-order valence-corrected chi connectivity index (χ1v) is 7.32.